The Hall–Kier alpha value is -1.34. The van der Waals surface area contributed by atoms with E-state index in [2.05, 4.69) is 19.9 Å². The molecule has 1 rings (SSSR count). The third kappa shape index (κ3) is 2.83. The number of methoxy groups -OCH3 is 2. The third-order valence-electron chi connectivity index (χ3n) is 1.96. The molecule has 0 spiro atoms. The van der Waals surface area contributed by atoms with Gasteiger partial charge in [-0.05, 0) is 12.1 Å². The fourth-order valence-electron chi connectivity index (χ4n) is 1.34. The van der Waals surface area contributed by atoms with Gasteiger partial charge in [-0.25, -0.2) is 0 Å². The van der Waals surface area contributed by atoms with E-state index in [9.17, 15) is 0 Å². The van der Waals surface area contributed by atoms with Crippen molar-refractivity contribution in [2.75, 3.05) is 14.2 Å². The van der Waals surface area contributed by atoms with Crippen molar-refractivity contribution in [2.24, 2.45) is 0 Å². The van der Waals surface area contributed by atoms with E-state index in [1.54, 1.807) is 26.0 Å². The highest BCUT2D eigenvalue weighted by molar-refractivity contribution is 7.99. The second kappa shape index (κ2) is 5.66. The summed E-state index contributed by atoms with van der Waals surface area (Å²) in [5, 5.41) is 9.49. The first-order valence-corrected chi connectivity index (χ1v) is 5.83. The van der Waals surface area contributed by atoms with Crippen LogP contribution in [0.5, 0.6) is 11.5 Å². The van der Waals surface area contributed by atoms with E-state index in [0.717, 1.165) is 4.90 Å². The van der Waals surface area contributed by atoms with Crippen molar-refractivity contribution < 1.29 is 9.47 Å². The average molecular weight is 237 g/mol. The molecule has 0 aliphatic heterocycles. The summed E-state index contributed by atoms with van der Waals surface area (Å²) >= 11 is 1.71. The van der Waals surface area contributed by atoms with Gasteiger partial charge in [0.15, 0.2) is 0 Å². The molecule has 0 aromatic heterocycles. The number of ether oxygens (including phenoxy) is 2. The van der Waals surface area contributed by atoms with Gasteiger partial charge >= 0.3 is 0 Å². The van der Waals surface area contributed by atoms with E-state index >= 15 is 0 Å². The van der Waals surface area contributed by atoms with E-state index < -0.39 is 0 Å². The van der Waals surface area contributed by atoms with E-state index in [1.165, 1.54) is 0 Å². The zero-order valence-corrected chi connectivity index (χ0v) is 10.7. The van der Waals surface area contributed by atoms with Crippen LogP contribution in [0.4, 0.5) is 0 Å². The van der Waals surface area contributed by atoms with Crippen molar-refractivity contribution in [3.63, 3.8) is 0 Å². The van der Waals surface area contributed by atoms with Crippen LogP contribution in [-0.4, -0.2) is 19.5 Å². The van der Waals surface area contributed by atoms with Crippen molar-refractivity contribution in [2.45, 2.75) is 24.0 Å². The topological polar surface area (TPSA) is 42.2 Å². The molecular formula is C12H15NO2S. The Labute approximate surface area is 100 Å². The van der Waals surface area contributed by atoms with E-state index in [-0.39, 0.29) is 0 Å². The maximum absolute atomic E-state index is 9.02. The first-order valence-electron chi connectivity index (χ1n) is 4.95. The summed E-state index contributed by atoms with van der Waals surface area (Å²) in [5.74, 6) is 1.12. The molecule has 0 amide bonds. The fraction of sp³-hybridized carbons (Fsp3) is 0.417. The number of thioether (sulfide) groups is 1. The Balaban J connectivity index is 3.21. The zero-order valence-electron chi connectivity index (χ0n) is 9.90. The lowest BCUT2D eigenvalue weighted by Crippen LogP contribution is -1.95. The van der Waals surface area contributed by atoms with E-state index in [4.69, 9.17) is 14.7 Å². The minimum atomic E-state index is 0.443. The van der Waals surface area contributed by atoms with Crippen LogP contribution in [0.2, 0.25) is 0 Å². The summed E-state index contributed by atoms with van der Waals surface area (Å²) in [4.78, 5) is 1.04. The van der Waals surface area contributed by atoms with Crippen molar-refractivity contribution in [3.05, 3.63) is 17.7 Å². The van der Waals surface area contributed by atoms with Gasteiger partial charge in [0.25, 0.3) is 0 Å². The molecule has 0 atom stereocenters. The Morgan fingerprint density at radius 3 is 2.00 bits per heavy atom. The largest absolute Gasteiger partial charge is 0.495 e. The normalized spacial score (nSPS) is 10.0. The lowest BCUT2D eigenvalue weighted by molar-refractivity contribution is 0.390. The van der Waals surface area contributed by atoms with E-state index in [1.807, 2.05) is 12.1 Å². The molecule has 0 radical (unpaired) electrons. The summed E-state index contributed by atoms with van der Waals surface area (Å²) < 4.78 is 10.4. The molecule has 16 heavy (non-hydrogen) atoms. The molecule has 0 saturated carbocycles. The highest BCUT2D eigenvalue weighted by atomic mass is 32.2. The molecule has 1 aromatic rings. The lowest BCUT2D eigenvalue weighted by atomic mass is 10.2. The number of hydrogen-bond donors (Lipinski definition) is 0. The lowest BCUT2D eigenvalue weighted by Gasteiger charge is -2.11. The maximum atomic E-state index is 9.02. The van der Waals surface area contributed by atoms with E-state index in [0.29, 0.717) is 22.3 Å². The zero-order chi connectivity index (χ0) is 12.1. The second-order valence-electron chi connectivity index (χ2n) is 3.48. The van der Waals surface area contributed by atoms with Crippen molar-refractivity contribution in [1.82, 2.24) is 0 Å². The van der Waals surface area contributed by atoms with Gasteiger partial charge < -0.3 is 9.47 Å². The van der Waals surface area contributed by atoms with Gasteiger partial charge in [-0.2, -0.15) is 5.26 Å². The van der Waals surface area contributed by atoms with Crippen LogP contribution in [0.25, 0.3) is 0 Å². The van der Waals surface area contributed by atoms with Crippen LogP contribution in [0.15, 0.2) is 17.0 Å². The molecular weight excluding hydrogens is 222 g/mol. The molecule has 1 aromatic carbocycles. The van der Waals surface area contributed by atoms with Crippen molar-refractivity contribution >= 4 is 11.8 Å². The second-order valence-corrected chi connectivity index (χ2v) is 5.13. The van der Waals surface area contributed by atoms with Crippen LogP contribution < -0.4 is 9.47 Å². The molecule has 86 valence electrons. The Kier molecular flexibility index (Phi) is 4.51. The van der Waals surface area contributed by atoms with Crippen LogP contribution in [-0.2, 0) is 0 Å². The molecule has 3 nitrogen and oxygen atoms in total. The number of nitriles is 1. The molecule has 0 fully saturated rings. The SMILES string of the molecule is COc1cc(SC(C)C)cc(OC)c1C#N. The van der Waals surface area contributed by atoms with Crippen LogP contribution in [0.1, 0.15) is 19.4 Å². The Morgan fingerprint density at radius 1 is 1.19 bits per heavy atom. The van der Waals surface area contributed by atoms with Gasteiger partial charge in [0.05, 0.1) is 14.2 Å². The Morgan fingerprint density at radius 2 is 1.69 bits per heavy atom. The van der Waals surface area contributed by atoms with Crippen LogP contribution in [0.3, 0.4) is 0 Å². The predicted octanol–water partition coefficient (Wildman–Crippen LogP) is 3.08. The van der Waals surface area contributed by atoms with Gasteiger partial charge in [-0.3, -0.25) is 0 Å². The number of rotatable bonds is 4. The predicted molar refractivity (Wildman–Crippen MR) is 65.3 cm³/mol. The quantitative estimate of drug-likeness (QED) is 0.755. The Bertz CT molecular complexity index is 385. The molecule has 0 heterocycles. The summed E-state index contributed by atoms with van der Waals surface area (Å²) in [6.07, 6.45) is 0. The van der Waals surface area contributed by atoms with Gasteiger partial charge in [0.2, 0.25) is 0 Å². The monoisotopic (exact) mass is 237 g/mol. The highest BCUT2D eigenvalue weighted by Crippen LogP contribution is 2.35. The van der Waals surface area contributed by atoms with Gasteiger partial charge in [-0.1, -0.05) is 13.8 Å². The van der Waals surface area contributed by atoms with Gasteiger partial charge in [0.1, 0.15) is 23.1 Å². The summed E-state index contributed by atoms with van der Waals surface area (Å²) in [5.41, 5.74) is 0.443. The van der Waals surface area contributed by atoms with Gasteiger partial charge in [-0.15, -0.1) is 11.8 Å². The number of nitrogens with zero attached hydrogens (tertiary/aromatic N) is 1. The van der Waals surface area contributed by atoms with Crippen LogP contribution >= 0.6 is 11.8 Å². The van der Waals surface area contributed by atoms with Crippen LogP contribution in [0, 0.1) is 11.3 Å². The van der Waals surface area contributed by atoms with Crippen molar-refractivity contribution in [1.29, 1.82) is 5.26 Å². The first kappa shape index (κ1) is 12.7. The molecule has 0 aliphatic rings. The molecule has 0 unspecified atom stereocenters. The average Bonchev–Trinajstić information content (AvgIpc) is 2.26. The highest BCUT2D eigenvalue weighted by Gasteiger charge is 2.12. The minimum absolute atomic E-state index is 0.443. The molecule has 0 aliphatic carbocycles. The standard InChI is InChI=1S/C12H15NO2S/c1-8(2)16-9-5-11(14-3)10(7-13)12(6-9)15-4/h5-6,8H,1-4H3. The summed E-state index contributed by atoms with van der Waals surface area (Å²) in [7, 11) is 3.11. The molecule has 0 saturated heterocycles. The van der Waals surface area contributed by atoms with Gasteiger partial charge in [0, 0.05) is 10.1 Å². The summed E-state index contributed by atoms with van der Waals surface area (Å²) in [6, 6.07) is 5.82. The molecule has 4 heteroatoms. The number of hydrogen-bond acceptors (Lipinski definition) is 4. The molecule has 0 bridgehead atoms. The van der Waals surface area contributed by atoms with Crippen molar-refractivity contribution in [3.8, 4) is 17.6 Å². The summed E-state index contributed by atoms with van der Waals surface area (Å²) in [6.45, 7) is 4.23. The third-order valence-corrected chi connectivity index (χ3v) is 2.94. The first-order chi connectivity index (χ1) is 7.62. The number of benzene rings is 1. The maximum Gasteiger partial charge on any atom is 0.141 e. The fourth-order valence-corrected chi connectivity index (χ4v) is 2.23. The molecule has 0 N–H and O–H groups in total. The smallest absolute Gasteiger partial charge is 0.141 e. The minimum Gasteiger partial charge on any atom is -0.495 e.